The van der Waals surface area contributed by atoms with Crippen molar-refractivity contribution in [2.45, 2.75) is 18.1 Å². The fourth-order valence-corrected chi connectivity index (χ4v) is 2.66. The third-order valence-corrected chi connectivity index (χ3v) is 3.76. The molecule has 0 spiro atoms. The molecule has 1 fully saturated rings. The zero-order valence-electron chi connectivity index (χ0n) is 11.4. The van der Waals surface area contributed by atoms with Crippen LogP contribution in [0.4, 0.5) is 5.69 Å². The van der Waals surface area contributed by atoms with Crippen molar-refractivity contribution in [3.63, 3.8) is 0 Å². The number of piperidine rings is 1. The maximum atomic E-state index is 12.4. The van der Waals surface area contributed by atoms with Crippen LogP contribution < -0.4 is 11.1 Å². The van der Waals surface area contributed by atoms with Gasteiger partial charge in [0.2, 0.25) is 5.78 Å². The van der Waals surface area contributed by atoms with E-state index in [-0.39, 0.29) is 21.7 Å². The maximum Gasteiger partial charge on any atom is 0.264 e. The van der Waals surface area contributed by atoms with Crippen LogP contribution in [-0.4, -0.2) is 61.8 Å². The van der Waals surface area contributed by atoms with Crippen LogP contribution in [0.3, 0.4) is 0 Å². The van der Waals surface area contributed by atoms with Crippen LogP contribution in [0.25, 0.3) is 0 Å². The molecule has 0 aromatic heterocycles. The molecule has 0 aliphatic carbocycles. The van der Waals surface area contributed by atoms with Gasteiger partial charge in [0.1, 0.15) is 0 Å². The second-order valence-corrected chi connectivity index (χ2v) is 5.15. The fraction of sp³-hybridized carbons (Fsp3) is 0.231. The van der Waals surface area contributed by atoms with E-state index in [0.29, 0.717) is 0 Å². The molecule has 1 aromatic rings. The number of anilines is 1. The quantitative estimate of drug-likeness (QED) is 0.206. The van der Waals surface area contributed by atoms with Crippen LogP contribution >= 0.6 is 0 Å². The number of Topliss-reactive ketones (excluding diaryl/α,β-unsaturated/α-hetero) is 1. The van der Waals surface area contributed by atoms with Crippen LogP contribution in [0.2, 0.25) is 0 Å². The van der Waals surface area contributed by atoms with E-state index < -0.39 is 41.6 Å². The van der Waals surface area contributed by atoms with Crippen LogP contribution in [0.15, 0.2) is 18.2 Å². The van der Waals surface area contributed by atoms with Crippen LogP contribution in [-0.2, 0) is 9.59 Å². The summed E-state index contributed by atoms with van der Waals surface area (Å²) in [4.78, 5) is 48.6. The average molecular weight is 321 g/mol. The first-order valence-electron chi connectivity index (χ1n) is 6.41. The summed E-state index contributed by atoms with van der Waals surface area (Å²) in [6.07, 6.45) is -2.16. The van der Waals surface area contributed by atoms with Gasteiger partial charge in [-0.3, -0.25) is 24.1 Å². The summed E-state index contributed by atoms with van der Waals surface area (Å²) >= 11 is 0. The number of rotatable bonds is 1. The Labute approximate surface area is 128 Å². The van der Waals surface area contributed by atoms with Crippen molar-refractivity contribution < 1.29 is 34.5 Å². The average Bonchev–Trinajstić information content (AvgIpc) is 2.71. The molecule has 2 heterocycles. The van der Waals surface area contributed by atoms with Crippen molar-refractivity contribution in [1.29, 1.82) is 0 Å². The zero-order valence-corrected chi connectivity index (χ0v) is 11.4. The minimum absolute atomic E-state index is 0.0348. The Morgan fingerprint density at radius 1 is 1.13 bits per heavy atom. The van der Waals surface area contributed by atoms with Gasteiger partial charge in [0, 0.05) is 5.69 Å². The van der Waals surface area contributed by atoms with Gasteiger partial charge in [0.15, 0.2) is 12.3 Å². The van der Waals surface area contributed by atoms with E-state index in [1.54, 1.807) is 5.32 Å². The van der Waals surface area contributed by atoms with Gasteiger partial charge in [-0.2, -0.15) is 0 Å². The molecule has 2 atom stereocenters. The fourth-order valence-electron chi connectivity index (χ4n) is 2.66. The van der Waals surface area contributed by atoms with Gasteiger partial charge in [-0.05, 0) is 12.1 Å². The number of hydrogen-bond donors (Lipinski definition) is 5. The van der Waals surface area contributed by atoms with E-state index in [9.17, 15) is 34.5 Å². The third kappa shape index (κ3) is 1.86. The van der Waals surface area contributed by atoms with E-state index in [1.165, 1.54) is 18.2 Å². The minimum Gasteiger partial charge on any atom is -0.398 e. The van der Waals surface area contributed by atoms with E-state index in [0.717, 1.165) is 0 Å². The maximum absolute atomic E-state index is 12.4. The molecular weight excluding hydrogens is 310 g/mol. The number of amides is 3. The third-order valence-electron chi connectivity index (χ3n) is 3.76. The van der Waals surface area contributed by atoms with Crippen molar-refractivity contribution in [1.82, 2.24) is 10.2 Å². The van der Waals surface area contributed by atoms with Gasteiger partial charge in [0.25, 0.3) is 23.5 Å². The Morgan fingerprint density at radius 3 is 2.39 bits per heavy atom. The van der Waals surface area contributed by atoms with E-state index in [2.05, 4.69) is 0 Å². The Kier molecular flexibility index (Phi) is 3.01. The van der Waals surface area contributed by atoms with Gasteiger partial charge in [-0.15, -0.1) is 0 Å². The van der Waals surface area contributed by atoms with Gasteiger partial charge < -0.3 is 26.4 Å². The highest BCUT2D eigenvalue weighted by Gasteiger charge is 2.60. The number of fused-ring (bicyclic) bond motifs is 1. The number of aliphatic hydroxyl groups excluding tert-OH is 1. The molecule has 0 radical (unpaired) electrons. The number of imide groups is 1. The topological polar surface area (TPSA) is 170 Å². The summed E-state index contributed by atoms with van der Waals surface area (Å²) in [7, 11) is 0. The number of carbonyl (C=O) groups excluding carboxylic acids is 4. The molecule has 10 heteroatoms. The predicted octanol–water partition coefficient (Wildman–Crippen LogP) is -3.07. The molecule has 120 valence electrons. The number of benzene rings is 1. The number of nitrogens with two attached hydrogens (primary N) is 1. The second kappa shape index (κ2) is 4.59. The summed E-state index contributed by atoms with van der Waals surface area (Å²) in [6, 6.07) is 1.79. The smallest absolute Gasteiger partial charge is 0.264 e. The highest BCUT2D eigenvalue weighted by Crippen LogP contribution is 2.32. The molecule has 1 aromatic carbocycles. The summed E-state index contributed by atoms with van der Waals surface area (Å²) in [5.41, 5.74) is 5.28. The Morgan fingerprint density at radius 2 is 1.78 bits per heavy atom. The molecular formula is C13H11N3O7. The first kappa shape index (κ1) is 15.1. The number of nitrogens with one attached hydrogen (secondary N) is 1. The highest BCUT2D eigenvalue weighted by atomic mass is 16.5. The Bertz CT molecular complexity index is 773. The van der Waals surface area contributed by atoms with Crippen LogP contribution in [0.5, 0.6) is 0 Å². The number of aliphatic hydroxyl groups is 3. The van der Waals surface area contributed by atoms with Crippen molar-refractivity contribution in [2.24, 2.45) is 0 Å². The standard InChI is InChI=1S/C13H11N3O7/c14-5-3-1-2-4-6(5)12(21)16(11(4)20)7-9(18)15-10(19)8(17)13(7,22)23/h1-3,7,10,19,22-23H,14H2,(H,15,18). The predicted molar refractivity (Wildman–Crippen MR) is 71.5 cm³/mol. The molecule has 2 unspecified atom stereocenters. The van der Waals surface area contributed by atoms with Crippen molar-refractivity contribution in [3.8, 4) is 0 Å². The highest BCUT2D eigenvalue weighted by molar-refractivity contribution is 6.25. The second-order valence-electron chi connectivity index (χ2n) is 5.15. The Balaban J connectivity index is 2.11. The van der Waals surface area contributed by atoms with Crippen molar-refractivity contribution in [2.75, 3.05) is 5.73 Å². The number of carbonyl (C=O) groups is 4. The lowest BCUT2D eigenvalue weighted by atomic mass is 9.94. The van der Waals surface area contributed by atoms with Gasteiger partial charge >= 0.3 is 0 Å². The van der Waals surface area contributed by atoms with Crippen LogP contribution in [0.1, 0.15) is 20.7 Å². The largest absolute Gasteiger partial charge is 0.398 e. The van der Waals surface area contributed by atoms with Gasteiger partial charge in [0.05, 0.1) is 11.1 Å². The van der Waals surface area contributed by atoms with Gasteiger partial charge in [-0.1, -0.05) is 6.07 Å². The first-order chi connectivity index (χ1) is 10.7. The van der Waals surface area contributed by atoms with E-state index in [4.69, 9.17) is 5.73 Å². The Hall–Kier alpha value is -2.82. The number of hydrogen-bond acceptors (Lipinski definition) is 8. The molecule has 3 rings (SSSR count). The number of ketones is 1. The van der Waals surface area contributed by atoms with Crippen molar-refractivity contribution >= 4 is 29.2 Å². The molecule has 2 aliphatic rings. The molecule has 1 saturated heterocycles. The van der Waals surface area contributed by atoms with E-state index in [1.807, 2.05) is 0 Å². The lowest BCUT2D eigenvalue weighted by Gasteiger charge is -2.38. The molecule has 10 nitrogen and oxygen atoms in total. The normalized spacial score (nSPS) is 26.3. The summed E-state index contributed by atoms with van der Waals surface area (Å²) in [5.74, 6) is -8.31. The lowest BCUT2D eigenvalue weighted by Crippen LogP contribution is -2.73. The van der Waals surface area contributed by atoms with Crippen molar-refractivity contribution in [3.05, 3.63) is 29.3 Å². The molecule has 2 aliphatic heterocycles. The molecule has 23 heavy (non-hydrogen) atoms. The molecule has 3 amide bonds. The SMILES string of the molecule is Nc1cccc2c1C(=O)N(C1C(=O)NC(O)C(=O)C1(O)O)C2=O. The first-order valence-corrected chi connectivity index (χ1v) is 6.41. The van der Waals surface area contributed by atoms with Gasteiger partial charge in [-0.25, -0.2) is 0 Å². The lowest BCUT2D eigenvalue weighted by molar-refractivity contribution is -0.217. The number of nitrogen functional groups attached to an aromatic ring is 1. The monoisotopic (exact) mass is 321 g/mol. The molecule has 0 bridgehead atoms. The summed E-state index contributed by atoms with van der Waals surface area (Å²) < 4.78 is 0. The van der Waals surface area contributed by atoms with E-state index >= 15 is 0 Å². The summed E-state index contributed by atoms with van der Waals surface area (Å²) in [5, 5.41) is 30.8. The van der Waals surface area contributed by atoms with Crippen LogP contribution in [0, 0.1) is 0 Å². The summed E-state index contributed by atoms with van der Waals surface area (Å²) in [6.45, 7) is 0. The number of nitrogens with zero attached hydrogens (tertiary/aromatic N) is 1. The molecule has 6 N–H and O–H groups in total. The molecule has 0 saturated carbocycles. The minimum atomic E-state index is -3.43. The zero-order chi connectivity index (χ0) is 17.1.